The molecular formula is C20H17N3O2. The van der Waals surface area contributed by atoms with Crippen LogP contribution in [-0.4, -0.2) is 32.8 Å². The monoisotopic (exact) mass is 331 g/mol. The molecule has 1 aliphatic heterocycles. The molecule has 1 aliphatic rings. The average Bonchev–Trinajstić information content (AvgIpc) is 3.18. The maximum absolute atomic E-state index is 12.4. The molecule has 0 aliphatic carbocycles. The molecule has 0 spiro atoms. The summed E-state index contributed by atoms with van der Waals surface area (Å²) in [5.74, 6) is -0.435. The third-order valence-corrected chi connectivity index (χ3v) is 4.47. The van der Waals surface area contributed by atoms with E-state index in [4.69, 9.17) is 0 Å². The summed E-state index contributed by atoms with van der Waals surface area (Å²) in [4.78, 5) is 30.4. The van der Waals surface area contributed by atoms with Gasteiger partial charge < -0.3 is 4.57 Å². The van der Waals surface area contributed by atoms with E-state index in [0.717, 1.165) is 12.1 Å². The van der Waals surface area contributed by atoms with Crippen molar-refractivity contribution in [2.75, 3.05) is 6.54 Å². The number of imidazole rings is 1. The Bertz CT molecular complexity index is 896. The smallest absolute Gasteiger partial charge is 0.261 e. The SMILES string of the molecule is O=C1c2ccccc2C(=O)N1CCn1cncc1Cc1ccccc1. The van der Waals surface area contributed by atoms with Gasteiger partial charge in [-0.25, -0.2) is 4.98 Å². The van der Waals surface area contributed by atoms with Crippen LogP contribution in [0.15, 0.2) is 67.1 Å². The lowest BCUT2D eigenvalue weighted by molar-refractivity contribution is 0.0648. The summed E-state index contributed by atoms with van der Waals surface area (Å²) in [5, 5.41) is 0. The third kappa shape index (κ3) is 2.85. The van der Waals surface area contributed by atoms with Gasteiger partial charge in [0.05, 0.1) is 17.5 Å². The summed E-state index contributed by atoms with van der Waals surface area (Å²) in [7, 11) is 0. The highest BCUT2D eigenvalue weighted by Crippen LogP contribution is 2.22. The zero-order valence-corrected chi connectivity index (χ0v) is 13.6. The summed E-state index contributed by atoms with van der Waals surface area (Å²) < 4.78 is 2.00. The number of nitrogens with zero attached hydrogens (tertiary/aromatic N) is 3. The van der Waals surface area contributed by atoms with Crippen LogP contribution >= 0.6 is 0 Å². The Balaban J connectivity index is 1.47. The van der Waals surface area contributed by atoms with Gasteiger partial charge in [-0.1, -0.05) is 42.5 Å². The molecule has 5 heteroatoms. The van der Waals surface area contributed by atoms with E-state index in [1.165, 1.54) is 10.5 Å². The first kappa shape index (κ1) is 15.3. The summed E-state index contributed by atoms with van der Waals surface area (Å²) in [6.07, 6.45) is 4.34. The molecule has 2 amide bonds. The van der Waals surface area contributed by atoms with E-state index in [-0.39, 0.29) is 11.8 Å². The second-order valence-corrected chi connectivity index (χ2v) is 6.05. The molecule has 0 bridgehead atoms. The van der Waals surface area contributed by atoms with E-state index in [0.29, 0.717) is 24.2 Å². The van der Waals surface area contributed by atoms with Crippen molar-refractivity contribution < 1.29 is 9.59 Å². The van der Waals surface area contributed by atoms with E-state index >= 15 is 0 Å². The Morgan fingerprint density at radius 2 is 1.44 bits per heavy atom. The number of fused-ring (bicyclic) bond motifs is 1. The van der Waals surface area contributed by atoms with Crippen molar-refractivity contribution in [3.05, 3.63) is 89.5 Å². The maximum Gasteiger partial charge on any atom is 0.261 e. The van der Waals surface area contributed by atoms with Gasteiger partial charge in [0, 0.05) is 31.4 Å². The van der Waals surface area contributed by atoms with E-state index in [2.05, 4.69) is 17.1 Å². The number of rotatable bonds is 5. The predicted molar refractivity (Wildman–Crippen MR) is 93.3 cm³/mol. The number of hydrogen-bond donors (Lipinski definition) is 0. The van der Waals surface area contributed by atoms with Crippen LogP contribution in [-0.2, 0) is 13.0 Å². The molecule has 3 aromatic rings. The number of carbonyl (C=O) groups excluding carboxylic acids is 2. The van der Waals surface area contributed by atoms with Gasteiger partial charge in [-0.15, -0.1) is 0 Å². The average molecular weight is 331 g/mol. The molecule has 0 radical (unpaired) electrons. The van der Waals surface area contributed by atoms with Crippen molar-refractivity contribution in [1.82, 2.24) is 14.5 Å². The Morgan fingerprint density at radius 1 is 0.800 bits per heavy atom. The van der Waals surface area contributed by atoms with Crippen LogP contribution in [0.3, 0.4) is 0 Å². The summed E-state index contributed by atoms with van der Waals surface area (Å²) in [6, 6.07) is 17.1. The van der Waals surface area contributed by atoms with Crippen LogP contribution in [0.5, 0.6) is 0 Å². The Labute approximate surface area is 145 Å². The minimum atomic E-state index is -0.217. The molecule has 5 nitrogen and oxygen atoms in total. The van der Waals surface area contributed by atoms with Crippen LogP contribution in [0.4, 0.5) is 0 Å². The van der Waals surface area contributed by atoms with Crippen molar-refractivity contribution >= 4 is 11.8 Å². The lowest BCUT2D eigenvalue weighted by atomic mass is 10.1. The van der Waals surface area contributed by atoms with Crippen LogP contribution in [0.2, 0.25) is 0 Å². The molecule has 0 N–H and O–H groups in total. The normalized spacial score (nSPS) is 13.4. The summed E-state index contributed by atoms with van der Waals surface area (Å²) in [5.41, 5.74) is 3.23. The second-order valence-electron chi connectivity index (χ2n) is 6.05. The van der Waals surface area contributed by atoms with Crippen molar-refractivity contribution in [3.63, 3.8) is 0 Å². The Kier molecular flexibility index (Phi) is 3.90. The third-order valence-electron chi connectivity index (χ3n) is 4.47. The number of benzene rings is 2. The van der Waals surface area contributed by atoms with Gasteiger partial charge in [-0.2, -0.15) is 0 Å². The van der Waals surface area contributed by atoms with Crippen LogP contribution in [0, 0.1) is 0 Å². The fraction of sp³-hybridized carbons (Fsp3) is 0.150. The highest BCUT2D eigenvalue weighted by atomic mass is 16.2. The lowest BCUT2D eigenvalue weighted by Crippen LogP contribution is -2.33. The molecule has 2 aromatic carbocycles. The quantitative estimate of drug-likeness (QED) is 0.676. The molecule has 0 unspecified atom stereocenters. The van der Waals surface area contributed by atoms with Crippen LogP contribution in [0.1, 0.15) is 32.0 Å². The molecule has 0 saturated heterocycles. The van der Waals surface area contributed by atoms with E-state index in [1.54, 1.807) is 30.6 Å². The predicted octanol–water partition coefficient (Wildman–Crippen LogP) is 2.77. The minimum absolute atomic E-state index is 0.217. The number of aromatic nitrogens is 2. The van der Waals surface area contributed by atoms with Gasteiger partial charge in [-0.05, 0) is 17.7 Å². The van der Waals surface area contributed by atoms with Crippen molar-refractivity contribution in [2.24, 2.45) is 0 Å². The van der Waals surface area contributed by atoms with Gasteiger partial charge in [0.1, 0.15) is 0 Å². The van der Waals surface area contributed by atoms with Gasteiger partial charge >= 0.3 is 0 Å². The first-order chi connectivity index (χ1) is 12.2. The van der Waals surface area contributed by atoms with Crippen molar-refractivity contribution in [3.8, 4) is 0 Å². The standard InChI is InChI=1S/C20H17N3O2/c24-19-17-8-4-5-9-18(17)20(25)23(19)11-10-22-14-21-13-16(22)12-15-6-2-1-3-7-15/h1-9,13-14H,10-12H2. The van der Waals surface area contributed by atoms with Gasteiger partial charge in [0.15, 0.2) is 0 Å². The number of carbonyl (C=O) groups is 2. The first-order valence-electron chi connectivity index (χ1n) is 8.22. The van der Waals surface area contributed by atoms with Crippen molar-refractivity contribution in [2.45, 2.75) is 13.0 Å². The number of imide groups is 1. The van der Waals surface area contributed by atoms with E-state index < -0.39 is 0 Å². The van der Waals surface area contributed by atoms with Crippen LogP contribution < -0.4 is 0 Å². The molecule has 4 rings (SSSR count). The van der Waals surface area contributed by atoms with E-state index in [9.17, 15) is 9.59 Å². The first-order valence-corrected chi connectivity index (χ1v) is 8.22. The lowest BCUT2D eigenvalue weighted by Gasteiger charge is -2.15. The summed E-state index contributed by atoms with van der Waals surface area (Å²) in [6.45, 7) is 0.873. The number of amides is 2. The largest absolute Gasteiger partial charge is 0.332 e. The van der Waals surface area contributed by atoms with Gasteiger partial charge in [0.25, 0.3) is 11.8 Å². The Morgan fingerprint density at radius 3 is 2.12 bits per heavy atom. The molecule has 25 heavy (non-hydrogen) atoms. The maximum atomic E-state index is 12.4. The molecular weight excluding hydrogens is 314 g/mol. The van der Waals surface area contributed by atoms with Gasteiger partial charge in [-0.3, -0.25) is 14.5 Å². The molecule has 0 saturated carbocycles. The minimum Gasteiger partial charge on any atom is -0.332 e. The fourth-order valence-corrected chi connectivity index (χ4v) is 3.15. The highest BCUT2D eigenvalue weighted by Gasteiger charge is 2.34. The highest BCUT2D eigenvalue weighted by molar-refractivity contribution is 6.21. The van der Waals surface area contributed by atoms with Crippen LogP contribution in [0.25, 0.3) is 0 Å². The van der Waals surface area contributed by atoms with Crippen molar-refractivity contribution in [1.29, 1.82) is 0 Å². The molecule has 1 aromatic heterocycles. The number of hydrogen-bond acceptors (Lipinski definition) is 3. The second kappa shape index (κ2) is 6.36. The fourth-order valence-electron chi connectivity index (χ4n) is 3.15. The molecule has 124 valence electrons. The van der Waals surface area contributed by atoms with E-state index in [1.807, 2.05) is 29.0 Å². The molecule has 2 heterocycles. The molecule has 0 fully saturated rings. The topological polar surface area (TPSA) is 55.2 Å². The summed E-state index contributed by atoms with van der Waals surface area (Å²) >= 11 is 0. The zero-order chi connectivity index (χ0) is 17.2. The zero-order valence-electron chi connectivity index (χ0n) is 13.6. The van der Waals surface area contributed by atoms with Gasteiger partial charge in [0.2, 0.25) is 0 Å². The Hall–Kier alpha value is -3.21. The molecule has 0 atom stereocenters.